The van der Waals surface area contributed by atoms with Crippen LogP contribution in [0.3, 0.4) is 0 Å². The second-order valence-corrected chi connectivity index (χ2v) is 3.35. The van der Waals surface area contributed by atoms with Crippen molar-refractivity contribution in [3.8, 4) is 0 Å². The number of nitrogens with zero attached hydrogens (tertiary/aromatic N) is 2. The van der Waals surface area contributed by atoms with Crippen molar-refractivity contribution in [2.45, 2.75) is 6.54 Å². The zero-order chi connectivity index (χ0) is 10.7. The third-order valence-corrected chi connectivity index (χ3v) is 1.99. The van der Waals surface area contributed by atoms with E-state index in [0.717, 1.165) is 5.69 Å². The normalized spacial score (nSPS) is 10.2. The highest BCUT2D eigenvalue weighted by Crippen LogP contribution is 2.15. The quantitative estimate of drug-likeness (QED) is 0.833. The summed E-state index contributed by atoms with van der Waals surface area (Å²) in [5.74, 6) is 0.574. The summed E-state index contributed by atoms with van der Waals surface area (Å²) in [4.78, 5) is 3.85. The van der Waals surface area contributed by atoms with E-state index in [1.54, 1.807) is 12.1 Å². The minimum Gasteiger partial charge on any atom is -0.376 e. The molecule has 0 saturated heterocycles. The van der Waals surface area contributed by atoms with Gasteiger partial charge in [-0.3, -0.25) is 0 Å². The Bertz CT molecular complexity index is 457. The first-order chi connectivity index (χ1) is 7.24. The molecule has 3 N–H and O–H groups in total. The van der Waals surface area contributed by atoms with Crippen molar-refractivity contribution >= 4 is 23.2 Å². The predicted octanol–water partition coefficient (Wildman–Crippen LogP) is 1.92. The molecule has 1 aromatic carbocycles. The fourth-order valence-electron chi connectivity index (χ4n) is 1.12. The maximum absolute atomic E-state index is 5.82. The van der Waals surface area contributed by atoms with E-state index in [0.29, 0.717) is 17.5 Å². The molecule has 78 valence electrons. The van der Waals surface area contributed by atoms with Crippen LogP contribution in [0.15, 0.2) is 28.8 Å². The van der Waals surface area contributed by atoms with E-state index in [1.165, 1.54) is 0 Å². The van der Waals surface area contributed by atoms with E-state index in [9.17, 15) is 0 Å². The lowest BCUT2D eigenvalue weighted by atomic mass is 10.3. The summed E-state index contributed by atoms with van der Waals surface area (Å²) in [6.07, 6.45) is 0. The van der Waals surface area contributed by atoms with Gasteiger partial charge in [-0.15, -0.1) is 0 Å². The second-order valence-electron chi connectivity index (χ2n) is 2.91. The van der Waals surface area contributed by atoms with E-state index < -0.39 is 0 Å². The Morgan fingerprint density at radius 3 is 3.00 bits per heavy atom. The molecule has 5 nitrogen and oxygen atoms in total. The molecule has 0 amide bonds. The maximum atomic E-state index is 5.82. The number of anilines is 2. The molecule has 0 saturated carbocycles. The molecule has 2 aromatic rings. The van der Waals surface area contributed by atoms with Crippen LogP contribution in [-0.2, 0) is 6.54 Å². The number of nitrogens with one attached hydrogen (secondary N) is 1. The van der Waals surface area contributed by atoms with Crippen LogP contribution < -0.4 is 11.1 Å². The number of nitrogens with two attached hydrogens (primary N) is 1. The van der Waals surface area contributed by atoms with E-state index in [-0.39, 0.29) is 5.95 Å². The summed E-state index contributed by atoms with van der Waals surface area (Å²) in [6.45, 7) is 0.421. The second kappa shape index (κ2) is 4.18. The summed E-state index contributed by atoms with van der Waals surface area (Å²) in [6, 6.07) is 7.36. The average Bonchev–Trinajstić information content (AvgIpc) is 2.62. The van der Waals surface area contributed by atoms with Crippen molar-refractivity contribution in [2.75, 3.05) is 11.1 Å². The molecule has 0 atom stereocenters. The fourth-order valence-corrected chi connectivity index (χ4v) is 1.31. The van der Waals surface area contributed by atoms with Crippen molar-refractivity contribution in [1.82, 2.24) is 10.1 Å². The Balaban J connectivity index is 1.99. The van der Waals surface area contributed by atoms with Gasteiger partial charge in [0, 0.05) is 10.7 Å². The van der Waals surface area contributed by atoms with Gasteiger partial charge < -0.3 is 15.6 Å². The first-order valence-corrected chi connectivity index (χ1v) is 4.69. The van der Waals surface area contributed by atoms with Crippen LogP contribution in [0.2, 0.25) is 5.02 Å². The molecule has 0 fully saturated rings. The van der Waals surface area contributed by atoms with Crippen LogP contribution in [0.1, 0.15) is 5.89 Å². The minimum absolute atomic E-state index is 0.137. The van der Waals surface area contributed by atoms with Gasteiger partial charge in [0.15, 0.2) is 0 Å². The van der Waals surface area contributed by atoms with Crippen LogP contribution in [-0.4, -0.2) is 10.1 Å². The highest BCUT2D eigenvalue weighted by atomic mass is 35.5. The summed E-state index contributed by atoms with van der Waals surface area (Å²) in [5.41, 5.74) is 6.20. The van der Waals surface area contributed by atoms with Gasteiger partial charge in [-0.2, -0.15) is 4.98 Å². The first-order valence-electron chi connectivity index (χ1n) is 4.31. The fraction of sp³-hybridized carbons (Fsp3) is 0.111. The van der Waals surface area contributed by atoms with Crippen LogP contribution in [0.4, 0.5) is 11.6 Å². The van der Waals surface area contributed by atoms with Gasteiger partial charge in [-0.1, -0.05) is 17.7 Å². The largest absolute Gasteiger partial charge is 0.376 e. The average molecular weight is 225 g/mol. The molecule has 0 aliphatic rings. The third-order valence-electron chi connectivity index (χ3n) is 1.75. The number of nitrogen functional groups attached to an aromatic ring is 1. The lowest BCUT2D eigenvalue weighted by molar-refractivity contribution is 0.384. The zero-order valence-corrected chi connectivity index (χ0v) is 8.53. The van der Waals surface area contributed by atoms with Crippen LogP contribution >= 0.6 is 11.6 Å². The third kappa shape index (κ3) is 2.60. The number of hydrogen-bond acceptors (Lipinski definition) is 5. The summed E-state index contributed by atoms with van der Waals surface area (Å²) in [7, 11) is 0. The SMILES string of the molecule is Nc1noc(CNc2cccc(Cl)c2)n1. The van der Waals surface area contributed by atoms with E-state index >= 15 is 0 Å². The smallest absolute Gasteiger partial charge is 0.260 e. The van der Waals surface area contributed by atoms with Gasteiger partial charge in [-0.25, -0.2) is 0 Å². The van der Waals surface area contributed by atoms with E-state index in [2.05, 4.69) is 15.5 Å². The molecule has 1 heterocycles. The number of halogens is 1. The molecule has 0 aliphatic carbocycles. The van der Waals surface area contributed by atoms with Gasteiger partial charge in [0.2, 0.25) is 5.89 Å². The Kier molecular flexibility index (Phi) is 2.73. The minimum atomic E-state index is 0.137. The number of rotatable bonds is 3. The van der Waals surface area contributed by atoms with Crippen molar-refractivity contribution in [3.63, 3.8) is 0 Å². The van der Waals surface area contributed by atoms with E-state index in [4.69, 9.17) is 21.9 Å². The van der Waals surface area contributed by atoms with Gasteiger partial charge in [0.25, 0.3) is 5.95 Å². The lowest BCUT2D eigenvalue weighted by Crippen LogP contribution is -1.99. The zero-order valence-electron chi connectivity index (χ0n) is 7.77. The molecule has 0 spiro atoms. The Morgan fingerprint density at radius 2 is 2.33 bits per heavy atom. The maximum Gasteiger partial charge on any atom is 0.260 e. The molecular formula is C9H9ClN4O. The van der Waals surface area contributed by atoms with Crippen LogP contribution in [0.25, 0.3) is 0 Å². The van der Waals surface area contributed by atoms with E-state index in [1.807, 2.05) is 12.1 Å². The molecule has 0 unspecified atom stereocenters. The summed E-state index contributed by atoms with van der Waals surface area (Å²) < 4.78 is 4.83. The number of hydrogen-bond donors (Lipinski definition) is 2. The number of aromatic nitrogens is 2. The Labute approximate surface area is 91.2 Å². The highest BCUT2D eigenvalue weighted by Gasteiger charge is 2.02. The van der Waals surface area contributed by atoms with Crippen LogP contribution in [0.5, 0.6) is 0 Å². The number of benzene rings is 1. The first kappa shape index (κ1) is 9.79. The summed E-state index contributed by atoms with van der Waals surface area (Å²) >= 11 is 5.82. The highest BCUT2D eigenvalue weighted by molar-refractivity contribution is 6.30. The Morgan fingerprint density at radius 1 is 1.47 bits per heavy atom. The van der Waals surface area contributed by atoms with Gasteiger partial charge in [0.1, 0.15) is 0 Å². The molecule has 0 aliphatic heterocycles. The molecule has 6 heteroatoms. The molecule has 2 rings (SSSR count). The van der Waals surface area contributed by atoms with Gasteiger partial charge >= 0.3 is 0 Å². The molecule has 0 radical (unpaired) electrons. The molecule has 0 bridgehead atoms. The molecular weight excluding hydrogens is 216 g/mol. The van der Waals surface area contributed by atoms with Gasteiger partial charge in [0.05, 0.1) is 6.54 Å². The van der Waals surface area contributed by atoms with Crippen molar-refractivity contribution in [3.05, 3.63) is 35.2 Å². The van der Waals surface area contributed by atoms with Crippen LogP contribution in [0, 0.1) is 0 Å². The Hall–Kier alpha value is -1.75. The monoisotopic (exact) mass is 224 g/mol. The topological polar surface area (TPSA) is 77.0 Å². The molecule has 1 aromatic heterocycles. The predicted molar refractivity (Wildman–Crippen MR) is 57.5 cm³/mol. The van der Waals surface area contributed by atoms with Crippen molar-refractivity contribution in [2.24, 2.45) is 0 Å². The lowest BCUT2D eigenvalue weighted by Gasteiger charge is -2.02. The summed E-state index contributed by atoms with van der Waals surface area (Å²) in [5, 5.41) is 7.22. The standard InChI is InChI=1S/C9H9ClN4O/c10-6-2-1-3-7(4-6)12-5-8-13-9(11)14-15-8/h1-4,12H,5H2,(H2,11,14). The van der Waals surface area contributed by atoms with Gasteiger partial charge in [-0.05, 0) is 23.4 Å². The van der Waals surface area contributed by atoms with Crippen molar-refractivity contribution in [1.29, 1.82) is 0 Å². The molecule has 15 heavy (non-hydrogen) atoms. The van der Waals surface area contributed by atoms with Crippen molar-refractivity contribution < 1.29 is 4.52 Å².